The van der Waals surface area contributed by atoms with Crippen LogP contribution >= 0.6 is 0 Å². The Labute approximate surface area is 465 Å². The first-order valence-corrected chi connectivity index (χ1v) is 31.0. The van der Waals surface area contributed by atoms with Gasteiger partial charge in [-0.1, -0.05) is 169 Å². The van der Waals surface area contributed by atoms with Crippen molar-refractivity contribution in [1.82, 2.24) is 9.80 Å². The van der Waals surface area contributed by atoms with Crippen LogP contribution in [0.5, 0.6) is 0 Å². The fraction of sp³-hybridized carbons (Fsp3) is 0.885. The van der Waals surface area contributed by atoms with Gasteiger partial charge in [-0.25, -0.2) is 4.79 Å². The molecule has 2 fully saturated rings. The average molecular weight is 1090 g/mol. The van der Waals surface area contributed by atoms with Gasteiger partial charge in [0, 0.05) is 43.6 Å². The number of esters is 6. The molecule has 77 heavy (non-hydrogen) atoms. The minimum Gasteiger partial charge on any atom is -0.465 e. The summed E-state index contributed by atoms with van der Waals surface area (Å²) in [6.07, 6.45) is 29.7. The fourth-order valence-electron chi connectivity index (χ4n) is 9.99. The van der Waals surface area contributed by atoms with E-state index in [0.717, 1.165) is 135 Å². The summed E-state index contributed by atoms with van der Waals surface area (Å²) < 4.78 is 40.1. The summed E-state index contributed by atoms with van der Waals surface area (Å²) in [6.45, 7) is 8.98. The van der Waals surface area contributed by atoms with Crippen LogP contribution in [0.25, 0.3) is 0 Å². The molecule has 0 aliphatic carbocycles. The third-order valence-electron chi connectivity index (χ3n) is 15.0. The predicted octanol–water partition coefficient (Wildman–Crippen LogP) is 13.1. The summed E-state index contributed by atoms with van der Waals surface area (Å²) in [5.74, 6) is -3.90. The van der Waals surface area contributed by atoms with E-state index in [4.69, 9.17) is 33.2 Å². The van der Waals surface area contributed by atoms with Crippen LogP contribution in [0.2, 0.25) is 0 Å². The second kappa shape index (κ2) is 45.9. The Hall–Kier alpha value is -3.95. The van der Waals surface area contributed by atoms with E-state index < -0.39 is 42.0 Å². The molecular weight excluding hydrogens is 985 g/mol. The molecule has 2 rings (SSSR count). The molecule has 16 heteroatoms. The van der Waals surface area contributed by atoms with E-state index in [1.54, 1.807) is 0 Å². The molecule has 0 aromatic rings. The van der Waals surface area contributed by atoms with Crippen molar-refractivity contribution in [3.63, 3.8) is 0 Å². The fourth-order valence-corrected chi connectivity index (χ4v) is 9.99. The number of carbonyl (C=O) groups excluding carboxylic acids is 7. The first kappa shape index (κ1) is 69.2. The lowest BCUT2D eigenvalue weighted by molar-refractivity contribution is -0.155. The molecule has 0 spiro atoms. The first-order chi connectivity index (χ1) is 37.4. The maximum absolute atomic E-state index is 14.1. The van der Waals surface area contributed by atoms with E-state index in [1.807, 2.05) is 7.05 Å². The topological polar surface area (TPSA) is 191 Å². The second-order valence-electron chi connectivity index (χ2n) is 22.2. The number of ether oxygens (including phenoxy) is 7. The third-order valence-corrected chi connectivity index (χ3v) is 15.0. The zero-order chi connectivity index (χ0) is 56.1. The molecule has 1 amide bonds. The Bertz CT molecular complexity index is 1440. The van der Waals surface area contributed by atoms with Gasteiger partial charge in [-0.15, -0.1) is 0 Å². The summed E-state index contributed by atoms with van der Waals surface area (Å²) >= 11 is 0. The number of unbranched alkanes of at least 4 members (excludes halogenated alkanes) is 20. The van der Waals surface area contributed by atoms with Crippen LogP contribution in [-0.4, -0.2) is 130 Å². The van der Waals surface area contributed by atoms with Crippen molar-refractivity contribution in [1.29, 1.82) is 0 Å². The standard InChI is InChI=1S/C61H108N2O14/c1-6-10-14-18-22-28-34-55(64)71-43-50(44-72-56(65)35-29-23-19-15-11-7-2)41-59(68)75-48-53-38-39-54(63(53)61(70)77-47-52-33-27-26-32-40-62(52)5)49-76-60(69)42-51(45-73-57(66)36-30-24-20-16-12-8-3)46-74-58(67)37-31-25-21-17-13-9-4/h50-54H,6-49H2,1-5H3/t52?,53-,54+. The van der Waals surface area contributed by atoms with Gasteiger partial charge in [-0.2, -0.15) is 0 Å². The van der Waals surface area contributed by atoms with Crippen LogP contribution in [0, 0.1) is 11.8 Å². The van der Waals surface area contributed by atoms with E-state index in [1.165, 1.54) is 30.6 Å². The minimum absolute atomic E-state index is 0.0463. The lowest BCUT2D eigenvalue weighted by atomic mass is 10.1. The maximum atomic E-state index is 14.1. The van der Waals surface area contributed by atoms with Gasteiger partial charge in [-0.05, 0) is 65.0 Å². The highest BCUT2D eigenvalue weighted by atomic mass is 16.6. The van der Waals surface area contributed by atoms with E-state index in [2.05, 4.69) is 32.6 Å². The predicted molar refractivity (Wildman–Crippen MR) is 299 cm³/mol. The molecule has 3 atom stereocenters. The molecule has 0 radical (unpaired) electrons. The number of carbonyl (C=O) groups is 7. The van der Waals surface area contributed by atoms with Crippen LogP contribution in [-0.2, 0) is 61.9 Å². The van der Waals surface area contributed by atoms with Gasteiger partial charge in [0.25, 0.3) is 0 Å². The number of nitrogens with zero attached hydrogens (tertiary/aromatic N) is 2. The molecule has 0 N–H and O–H groups in total. The Morgan fingerprint density at radius 2 is 0.688 bits per heavy atom. The molecule has 0 bridgehead atoms. The van der Waals surface area contributed by atoms with Crippen LogP contribution in [0.3, 0.4) is 0 Å². The second-order valence-corrected chi connectivity index (χ2v) is 22.2. The number of likely N-dealkylation sites (tertiary alicyclic amines) is 2. The zero-order valence-electron chi connectivity index (χ0n) is 49.1. The highest BCUT2D eigenvalue weighted by Crippen LogP contribution is 2.28. The van der Waals surface area contributed by atoms with Gasteiger partial charge in [0.2, 0.25) is 0 Å². The van der Waals surface area contributed by atoms with E-state index in [0.29, 0.717) is 38.5 Å². The molecule has 0 aromatic carbocycles. The summed E-state index contributed by atoms with van der Waals surface area (Å²) in [7, 11) is 2.03. The number of hydrogen-bond acceptors (Lipinski definition) is 15. The number of likely N-dealkylation sites (N-methyl/N-ethyl adjacent to an activating group) is 1. The van der Waals surface area contributed by atoms with Crippen LogP contribution in [0.1, 0.15) is 259 Å². The minimum atomic E-state index is -0.630. The molecular formula is C61H108N2O14. The van der Waals surface area contributed by atoms with Crippen LogP contribution in [0.15, 0.2) is 0 Å². The van der Waals surface area contributed by atoms with E-state index in [9.17, 15) is 33.6 Å². The lowest BCUT2D eigenvalue weighted by Gasteiger charge is -2.31. The van der Waals surface area contributed by atoms with Gasteiger partial charge >= 0.3 is 41.9 Å². The monoisotopic (exact) mass is 1090 g/mol. The Morgan fingerprint density at radius 3 is 1.04 bits per heavy atom. The van der Waals surface area contributed by atoms with Gasteiger partial charge in [0.1, 0.15) is 19.8 Å². The van der Waals surface area contributed by atoms with Crippen molar-refractivity contribution in [3.05, 3.63) is 0 Å². The van der Waals surface area contributed by atoms with Crippen molar-refractivity contribution in [3.8, 4) is 0 Å². The molecule has 2 aliphatic rings. The van der Waals surface area contributed by atoms with Crippen molar-refractivity contribution in [2.75, 3.05) is 59.8 Å². The quantitative estimate of drug-likeness (QED) is 0.0317. The first-order valence-electron chi connectivity index (χ1n) is 31.0. The van der Waals surface area contributed by atoms with Gasteiger partial charge in [-0.3, -0.25) is 33.7 Å². The van der Waals surface area contributed by atoms with Gasteiger partial charge < -0.3 is 38.1 Å². The Kier molecular flexibility index (Phi) is 41.2. The Balaban J connectivity index is 2.14. The zero-order valence-corrected chi connectivity index (χ0v) is 49.1. The third kappa shape index (κ3) is 35.3. The van der Waals surface area contributed by atoms with Crippen molar-refractivity contribution < 1.29 is 66.7 Å². The summed E-state index contributed by atoms with van der Waals surface area (Å²) in [4.78, 5) is 96.0. The summed E-state index contributed by atoms with van der Waals surface area (Å²) in [6, 6.07) is -1.13. The van der Waals surface area contributed by atoms with Crippen LogP contribution in [0.4, 0.5) is 4.79 Å². The van der Waals surface area contributed by atoms with E-state index in [-0.39, 0.29) is 115 Å². The SMILES string of the molecule is CCCCCCCCC(=O)OCC(COC(=O)CCCCCCCC)CC(=O)OC[C@H]1CC[C@@H](COC(=O)CC(COC(=O)CCCCCCCC)COC(=O)CCCCCCCC)N1C(=O)OCC1CCCCCN1C. The molecule has 446 valence electrons. The Morgan fingerprint density at radius 1 is 0.364 bits per heavy atom. The van der Waals surface area contributed by atoms with E-state index >= 15 is 0 Å². The molecule has 0 aromatic heterocycles. The lowest BCUT2D eigenvalue weighted by Crippen LogP contribution is -2.47. The van der Waals surface area contributed by atoms with Crippen molar-refractivity contribution in [2.45, 2.75) is 277 Å². The van der Waals surface area contributed by atoms with Gasteiger partial charge in [0.15, 0.2) is 0 Å². The number of rotatable bonds is 46. The molecule has 16 nitrogen and oxygen atoms in total. The largest absolute Gasteiger partial charge is 0.465 e. The van der Waals surface area contributed by atoms with Crippen LogP contribution < -0.4 is 0 Å². The maximum Gasteiger partial charge on any atom is 0.410 e. The highest BCUT2D eigenvalue weighted by Gasteiger charge is 2.40. The average Bonchev–Trinajstić information content (AvgIpc) is 3.73. The molecule has 0 saturated carbocycles. The molecule has 2 heterocycles. The van der Waals surface area contributed by atoms with Crippen molar-refractivity contribution in [2.24, 2.45) is 11.8 Å². The van der Waals surface area contributed by atoms with Crippen molar-refractivity contribution >= 4 is 41.9 Å². The summed E-state index contributed by atoms with van der Waals surface area (Å²) in [5, 5.41) is 0. The summed E-state index contributed by atoms with van der Waals surface area (Å²) in [5.41, 5.74) is 0. The highest BCUT2D eigenvalue weighted by molar-refractivity contribution is 5.73. The number of amides is 1. The molecule has 2 aliphatic heterocycles. The number of hydrogen-bond donors (Lipinski definition) is 0. The normalized spacial score (nSPS) is 16.8. The van der Waals surface area contributed by atoms with Gasteiger partial charge in [0.05, 0.1) is 51.4 Å². The molecule has 2 saturated heterocycles. The molecule has 1 unspecified atom stereocenters. The smallest absolute Gasteiger partial charge is 0.410 e.